The molecule has 0 atom stereocenters. The van der Waals surface area contributed by atoms with Crippen molar-refractivity contribution in [3.63, 3.8) is 0 Å². The van der Waals surface area contributed by atoms with Crippen molar-refractivity contribution in [2.24, 2.45) is 5.10 Å². The molecule has 8 nitrogen and oxygen atoms in total. The molecule has 0 radical (unpaired) electrons. The minimum Gasteiger partial charge on any atom is -0.267 e. The predicted molar refractivity (Wildman–Crippen MR) is 106 cm³/mol. The Morgan fingerprint density at radius 3 is 2.61 bits per heavy atom. The van der Waals surface area contributed by atoms with Gasteiger partial charge >= 0.3 is 0 Å². The average molecular weight is 398 g/mol. The maximum absolute atomic E-state index is 12.3. The van der Waals surface area contributed by atoms with E-state index >= 15 is 0 Å². The molecule has 142 valence electrons. The second-order valence-electron chi connectivity index (χ2n) is 5.94. The van der Waals surface area contributed by atoms with Crippen molar-refractivity contribution in [3.8, 4) is 5.69 Å². The number of carbonyl (C=O) groups is 1. The molecule has 3 rings (SSSR count). The molecule has 2 aromatic carbocycles. The van der Waals surface area contributed by atoms with Crippen LogP contribution in [-0.2, 0) is 0 Å². The van der Waals surface area contributed by atoms with Crippen LogP contribution < -0.4 is 5.43 Å². The van der Waals surface area contributed by atoms with Gasteiger partial charge in [0, 0.05) is 11.6 Å². The Morgan fingerprint density at radius 1 is 1.21 bits per heavy atom. The standard InChI is InChI=1S/C19H16ClN5O3/c1-12-15(9-6-10-17(12)25(27)28)19(26)22-21-11-16-13(2)24(23-18(16)20)14-7-4-3-5-8-14/h3-11H,1-2H3,(H,22,26)/b21-11-. The molecular weight excluding hydrogens is 382 g/mol. The highest BCUT2D eigenvalue weighted by atomic mass is 35.5. The van der Waals surface area contributed by atoms with Gasteiger partial charge in [-0.25, -0.2) is 10.1 Å². The number of benzene rings is 2. The number of carbonyl (C=O) groups excluding carboxylic acids is 1. The lowest BCUT2D eigenvalue weighted by Crippen LogP contribution is -2.19. The van der Waals surface area contributed by atoms with Gasteiger partial charge in [-0.05, 0) is 32.0 Å². The fraction of sp³-hybridized carbons (Fsp3) is 0.105. The number of para-hydroxylation sites is 1. The van der Waals surface area contributed by atoms with Crippen LogP contribution in [0.5, 0.6) is 0 Å². The Balaban J connectivity index is 1.81. The molecular formula is C19H16ClN5O3. The van der Waals surface area contributed by atoms with Crippen molar-refractivity contribution < 1.29 is 9.72 Å². The van der Waals surface area contributed by atoms with Crippen LogP contribution in [0.3, 0.4) is 0 Å². The van der Waals surface area contributed by atoms with E-state index in [4.69, 9.17) is 11.6 Å². The summed E-state index contributed by atoms with van der Waals surface area (Å²) in [6, 6.07) is 13.8. The number of nitrogens with one attached hydrogen (secondary N) is 1. The number of aromatic nitrogens is 2. The molecule has 0 unspecified atom stereocenters. The summed E-state index contributed by atoms with van der Waals surface area (Å²) in [5.41, 5.74) is 4.84. The van der Waals surface area contributed by atoms with Gasteiger partial charge in [-0.3, -0.25) is 14.9 Å². The minimum absolute atomic E-state index is 0.125. The monoisotopic (exact) mass is 397 g/mol. The molecule has 0 aliphatic rings. The first-order valence-corrected chi connectivity index (χ1v) is 8.66. The fourth-order valence-corrected chi connectivity index (χ4v) is 2.99. The van der Waals surface area contributed by atoms with Gasteiger partial charge in [0.1, 0.15) is 0 Å². The highest BCUT2D eigenvalue weighted by Crippen LogP contribution is 2.22. The SMILES string of the molecule is Cc1c(C(=O)N/N=C\c2c(Cl)nn(-c3ccccc3)c2C)cccc1[N+](=O)[O-]. The summed E-state index contributed by atoms with van der Waals surface area (Å²) in [6.45, 7) is 3.35. The third kappa shape index (κ3) is 3.77. The topological polar surface area (TPSA) is 102 Å². The Labute approximate surface area is 165 Å². The second kappa shape index (κ2) is 8.01. The normalized spacial score (nSPS) is 11.0. The Hall–Kier alpha value is -3.52. The molecule has 0 saturated carbocycles. The first-order valence-electron chi connectivity index (χ1n) is 8.28. The molecule has 0 aliphatic carbocycles. The Kier molecular flexibility index (Phi) is 5.51. The third-order valence-electron chi connectivity index (χ3n) is 4.22. The van der Waals surface area contributed by atoms with Crippen LogP contribution in [-0.4, -0.2) is 26.8 Å². The molecule has 1 N–H and O–H groups in total. The molecule has 28 heavy (non-hydrogen) atoms. The quantitative estimate of drug-likeness (QED) is 0.401. The van der Waals surface area contributed by atoms with E-state index in [0.717, 1.165) is 11.4 Å². The highest BCUT2D eigenvalue weighted by Gasteiger charge is 2.18. The van der Waals surface area contributed by atoms with E-state index in [1.807, 2.05) is 37.3 Å². The number of rotatable bonds is 5. The Bertz CT molecular complexity index is 1080. The number of hydrazone groups is 1. The highest BCUT2D eigenvalue weighted by molar-refractivity contribution is 6.32. The zero-order chi connectivity index (χ0) is 20.3. The molecule has 0 saturated heterocycles. The summed E-state index contributed by atoms with van der Waals surface area (Å²) in [5.74, 6) is -0.554. The van der Waals surface area contributed by atoms with Crippen LogP contribution >= 0.6 is 11.6 Å². The van der Waals surface area contributed by atoms with Crippen molar-refractivity contribution in [1.82, 2.24) is 15.2 Å². The number of hydrogen-bond acceptors (Lipinski definition) is 5. The lowest BCUT2D eigenvalue weighted by molar-refractivity contribution is -0.385. The summed E-state index contributed by atoms with van der Waals surface area (Å²) in [5, 5.41) is 19.5. The number of hydrogen-bond donors (Lipinski definition) is 1. The van der Waals surface area contributed by atoms with Gasteiger partial charge in [-0.1, -0.05) is 35.9 Å². The lowest BCUT2D eigenvalue weighted by atomic mass is 10.1. The molecule has 9 heteroatoms. The smallest absolute Gasteiger partial charge is 0.267 e. The summed E-state index contributed by atoms with van der Waals surface area (Å²) < 4.78 is 1.68. The van der Waals surface area contributed by atoms with E-state index in [2.05, 4.69) is 15.6 Å². The van der Waals surface area contributed by atoms with E-state index in [1.165, 1.54) is 31.3 Å². The zero-order valence-electron chi connectivity index (χ0n) is 15.1. The zero-order valence-corrected chi connectivity index (χ0v) is 15.8. The predicted octanol–water partition coefficient (Wildman–Crippen LogP) is 3.81. The number of amides is 1. The first kappa shape index (κ1) is 19.2. The van der Waals surface area contributed by atoms with Crippen molar-refractivity contribution in [3.05, 3.63) is 86.2 Å². The third-order valence-corrected chi connectivity index (χ3v) is 4.50. The summed E-state index contributed by atoms with van der Waals surface area (Å²) in [6.07, 6.45) is 1.40. The van der Waals surface area contributed by atoms with E-state index in [0.29, 0.717) is 5.56 Å². The maximum atomic E-state index is 12.3. The largest absolute Gasteiger partial charge is 0.273 e. The lowest BCUT2D eigenvalue weighted by Gasteiger charge is -2.05. The summed E-state index contributed by atoms with van der Waals surface area (Å²) in [7, 11) is 0. The van der Waals surface area contributed by atoms with Gasteiger partial charge in [0.2, 0.25) is 0 Å². The maximum Gasteiger partial charge on any atom is 0.273 e. The second-order valence-corrected chi connectivity index (χ2v) is 6.30. The number of nitro groups is 1. The molecule has 0 aliphatic heterocycles. The van der Waals surface area contributed by atoms with Crippen molar-refractivity contribution >= 4 is 29.4 Å². The number of halogens is 1. The van der Waals surface area contributed by atoms with Crippen molar-refractivity contribution in [2.45, 2.75) is 13.8 Å². The van der Waals surface area contributed by atoms with E-state index in [1.54, 1.807) is 4.68 Å². The van der Waals surface area contributed by atoms with E-state index < -0.39 is 10.8 Å². The van der Waals surface area contributed by atoms with Crippen molar-refractivity contribution in [1.29, 1.82) is 0 Å². The van der Waals surface area contributed by atoms with Gasteiger partial charge in [-0.2, -0.15) is 10.2 Å². The molecule has 0 bridgehead atoms. The minimum atomic E-state index is -0.554. The molecule has 1 heterocycles. The molecule has 1 aromatic heterocycles. The average Bonchev–Trinajstić information content (AvgIpc) is 2.96. The summed E-state index contributed by atoms with van der Waals surface area (Å²) >= 11 is 6.20. The van der Waals surface area contributed by atoms with Gasteiger partial charge in [-0.15, -0.1) is 0 Å². The first-order chi connectivity index (χ1) is 13.4. The van der Waals surface area contributed by atoms with Gasteiger partial charge in [0.25, 0.3) is 11.6 Å². The van der Waals surface area contributed by atoms with E-state index in [9.17, 15) is 14.9 Å². The van der Waals surface area contributed by atoms with Crippen LogP contribution in [0.4, 0.5) is 5.69 Å². The summed E-state index contributed by atoms with van der Waals surface area (Å²) in [4.78, 5) is 22.8. The van der Waals surface area contributed by atoms with Crippen LogP contribution in [0, 0.1) is 24.0 Å². The van der Waals surface area contributed by atoms with Crippen LogP contribution in [0.1, 0.15) is 27.2 Å². The Morgan fingerprint density at radius 2 is 1.93 bits per heavy atom. The van der Waals surface area contributed by atoms with Gasteiger partial charge in [0.15, 0.2) is 5.15 Å². The van der Waals surface area contributed by atoms with Crippen molar-refractivity contribution in [2.75, 3.05) is 0 Å². The van der Waals surface area contributed by atoms with Crippen LogP contribution in [0.25, 0.3) is 5.69 Å². The molecule has 0 spiro atoms. The fourth-order valence-electron chi connectivity index (χ4n) is 2.73. The number of nitrogens with zero attached hydrogens (tertiary/aromatic N) is 4. The van der Waals surface area contributed by atoms with Gasteiger partial charge < -0.3 is 0 Å². The molecule has 3 aromatic rings. The molecule has 1 amide bonds. The molecule has 0 fully saturated rings. The van der Waals surface area contributed by atoms with Gasteiger partial charge in [0.05, 0.1) is 33.6 Å². The van der Waals surface area contributed by atoms with Crippen LogP contribution in [0.2, 0.25) is 5.15 Å². The number of nitro benzene ring substituents is 1. The van der Waals surface area contributed by atoms with Crippen LogP contribution in [0.15, 0.2) is 53.6 Å². The van der Waals surface area contributed by atoms with E-state index in [-0.39, 0.29) is 22.0 Å².